The average molecular weight is 285 g/mol. The van der Waals surface area contributed by atoms with E-state index in [1.54, 1.807) is 0 Å². The van der Waals surface area contributed by atoms with E-state index in [0.29, 0.717) is 17.9 Å². The summed E-state index contributed by atoms with van der Waals surface area (Å²) < 4.78 is 39.0. The molecule has 0 aliphatic carbocycles. The minimum absolute atomic E-state index is 0.0620. The molecular formula is C14H18F3N3. The van der Waals surface area contributed by atoms with Crippen LogP contribution >= 0.6 is 0 Å². The van der Waals surface area contributed by atoms with Crippen molar-refractivity contribution < 1.29 is 13.2 Å². The van der Waals surface area contributed by atoms with Gasteiger partial charge in [-0.2, -0.15) is 13.2 Å². The van der Waals surface area contributed by atoms with Crippen LogP contribution in [0.5, 0.6) is 0 Å². The summed E-state index contributed by atoms with van der Waals surface area (Å²) in [6, 6.07) is 5.66. The smallest absolute Gasteiger partial charge is 0.326 e. The number of halogens is 3. The van der Waals surface area contributed by atoms with Gasteiger partial charge in [0.1, 0.15) is 5.82 Å². The summed E-state index contributed by atoms with van der Waals surface area (Å²) in [4.78, 5) is 4.35. The van der Waals surface area contributed by atoms with Crippen molar-refractivity contribution >= 4 is 11.0 Å². The molecule has 6 heteroatoms. The van der Waals surface area contributed by atoms with Gasteiger partial charge in [0.25, 0.3) is 0 Å². The van der Waals surface area contributed by atoms with Crippen LogP contribution in [0.3, 0.4) is 0 Å². The van der Waals surface area contributed by atoms with E-state index in [1.807, 2.05) is 36.6 Å². The number of hydrogen-bond donors (Lipinski definition) is 1. The maximum atomic E-state index is 12.4. The van der Waals surface area contributed by atoms with Gasteiger partial charge in [0.15, 0.2) is 0 Å². The van der Waals surface area contributed by atoms with E-state index in [-0.39, 0.29) is 12.5 Å². The number of aryl methyl sites for hydroxylation is 1. The van der Waals surface area contributed by atoms with Gasteiger partial charge in [-0.15, -0.1) is 0 Å². The average Bonchev–Trinajstić information content (AvgIpc) is 2.72. The number of rotatable bonds is 4. The van der Waals surface area contributed by atoms with Crippen molar-refractivity contribution in [1.82, 2.24) is 9.55 Å². The lowest BCUT2D eigenvalue weighted by molar-refractivity contribution is -0.134. The molecule has 1 heterocycles. The van der Waals surface area contributed by atoms with Gasteiger partial charge in [0.05, 0.1) is 17.5 Å². The Morgan fingerprint density at radius 1 is 1.30 bits per heavy atom. The van der Waals surface area contributed by atoms with Crippen LogP contribution in [0.1, 0.15) is 37.7 Å². The van der Waals surface area contributed by atoms with E-state index >= 15 is 0 Å². The SMILES string of the molecule is CC(C)n1c(CCC(F)(F)F)nc2cc(CN)ccc21. The molecule has 0 atom stereocenters. The topological polar surface area (TPSA) is 43.8 Å². The molecule has 0 unspecified atom stereocenters. The molecule has 0 bridgehead atoms. The van der Waals surface area contributed by atoms with Crippen LogP contribution < -0.4 is 5.73 Å². The number of hydrogen-bond acceptors (Lipinski definition) is 2. The van der Waals surface area contributed by atoms with E-state index in [0.717, 1.165) is 11.1 Å². The first-order valence-corrected chi connectivity index (χ1v) is 6.58. The zero-order chi connectivity index (χ0) is 14.9. The van der Waals surface area contributed by atoms with E-state index in [2.05, 4.69) is 4.98 Å². The van der Waals surface area contributed by atoms with Crippen molar-refractivity contribution in [2.75, 3.05) is 0 Å². The minimum atomic E-state index is -4.16. The third kappa shape index (κ3) is 3.12. The summed E-state index contributed by atoms with van der Waals surface area (Å²) in [5.74, 6) is 0.474. The van der Waals surface area contributed by atoms with Crippen LogP contribution in [0, 0.1) is 0 Å². The molecule has 110 valence electrons. The van der Waals surface area contributed by atoms with Gasteiger partial charge in [-0.25, -0.2) is 4.98 Å². The fraction of sp³-hybridized carbons (Fsp3) is 0.500. The molecule has 2 rings (SSSR count). The van der Waals surface area contributed by atoms with Crippen molar-refractivity contribution in [3.05, 3.63) is 29.6 Å². The predicted molar refractivity (Wildman–Crippen MR) is 72.4 cm³/mol. The zero-order valence-electron chi connectivity index (χ0n) is 11.5. The fourth-order valence-corrected chi connectivity index (χ4v) is 2.33. The van der Waals surface area contributed by atoms with E-state index in [1.165, 1.54) is 0 Å². The number of imidazole rings is 1. The Morgan fingerprint density at radius 3 is 2.55 bits per heavy atom. The first kappa shape index (κ1) is 14.8. The van der Waals surface area contributed by atoms with Crippen molar-refractivity contribution in [2.24, 2.45) is 5.73 Å². The number of nitrogens with zero attached hydrogens (tertiary/aromatic N) is 2. The molecule has 20 heavy (non-hydrogen) atoms. The second-order valence-corrected chi connectivity index (χ2v) is 5.13. The highest BCUT2D eigenvalue weighted by atomic mass is 19.4. The molecule has 1 aromatic heterocycles. The number of aromatic nitrogens is 2. The highest BCUT2D eigenvalue weighted by molar-refractivity contribution is 5.77. The monoisotopic (exact) mass is 285 g/mol. The van der Waals surface area contributed by atoms with Crippen LogP contribution in [0.15, 0.2) is 18.2 Å². The molecule has 0 saturated carbocycles. The molecule has 0 fully saturated rings. The van der Waals surface area contributed by atoms with E-state index in [9.17, 15) is 13.2 Å². The first-order valence-electron chi connectivity index (χ1n) is 6.58. The standard InChI is InChI=1S/C14H18F3N3/c1-9(2)20-12-4-3-10(8-18)7-11(12)19-13(20)5-6-14(15,16)17/h3-4,7,9H,5-6,8,18H2,1-2H3. The molecule has 0 amide bonds. The second kappa shape index (κ2) is 5.44. The lowest BCUT2D eigenvalue weighted by Gasteiger charge is -2.13. The van der Waals surface area contributed by atoms with Gasteiger partial charge in [-0.05, 0) is 31.5 Å². The van der Waals surface area contributed by atoms with Gasteiger partial charge < -0.3 is 10.3 Å². The van der Waals surface area contributed by atoms with Crippen LogP contribution in [0.25, 0.3) is 11.0 Å². The Kier molecular flexibility index (Phi) is 4.04. The van der Waals surface area contributed by atoms with Gasteiger partial charge in [-0.3, -0.25) is 0 Å². The van der Waals surface area contributed by atoms with Gasteiger partial charge in [0.2, 0.25) is 0 Å². The Balaban J connectivity index is 2.44. The Hall–Kier alpha value is -1.56. The number of fused-ring (bicyclic) bond motifs is 1. The number of benzene rings is 1. The lowest BCUT2D eigenvalue weighted by atomic mass is 10.2. The van der Waals surface area contributed by atoms with Gasteiger partial charge in [-0.1, -0.05) is 6.07 Å². The molecule has 2 aromatic rings. The van der Waals surface area contributed by atoms with Crippen LogP contribution in [-0.2, 0) is 13.0 Å². The third-order valence-electron chi connectivity index (χ3n) is 3.21. The largest absolute Gasteiger partial charge is 0.389 e. The quantitative estimate of drug-likeness (QED) is 0.933. The molecule has 1 aromatic carbocycles. The Labute approximate surface area is 115 Å². The summed E-state index contributed by atoms with van der Waals surface area (Å²) >= 11 is 0. The highest BCUT2D eigenvalue weighted by Crippen LogP contribution is 2.26. The maximum Gasteiger partial charge on any atom is 0.389 e. The minimum Gasteiger partial charge on any atom is -0.326 e. The fourth-order valence-electron chi connectivity index (χ4n) is 2.33. The van der Waals surface area contributed by atoms with Gasteiger partial charge >= 0.3 is 6.18 Å². The molecular weight excluding hydrogens is 267 g/mol. The number of nitrogens with two attached hydrogens (primary N) is 1. The molecule has 0 aliphatic heterocycles. The molecule has 0 saturated heterocycles. The Morgan fingerprint density at radius 2 is 2.00 bits per heavy atom. The maximum absolute atomic E-state index is 12.4. The first-order chi connectivity index (χ1) is 9.31. The molecule has 3 nitrogen and oxygen atoms in total. The second-order valence-electron chi connectivity index (χ2n) is 5.13. The zero-order valence-corrected chi connectivity index (χ0v) is 11.5. The predicted octanol–water partition coefficient (Wildman–Crippen LogP) is 3.57. The van der Waals surface area contributed by atoms with Crippen LogP contribution in [0.4, 0.5) is 13.2 Å². The van der Waals surface area contributed by atoms with Crippen molar-refractivity contribution in [1.29, 1.82) is 0 Å². The third-order valence-corrected chi connectivity index (χ3v) is 3.21. The molecule has 2 N–H and O–H groups in total. The lowest BCUT2D eigenvalue weighted by Crippen LogP contribution is -2.13. The number of alkyl halides is 3. The summed E-state index contributed by atoms with van der Waals surface area (Å²) in [5.41, 5.74) is 8.07. The van der Waals surface area contributed by atoms with Crippen molar-refractivity contribution in [2.45, 2.75) is 45.5 Å². The molecule has 0 spiro atoms. The molecule has 0 aliphatic rings. The van der Waals surface area contributed by atoms with E-state index < -0.39 is 12.6 Å². The van der Waals surface area contributed by atoms with Crippen LogP contribution in [-0.4, -0.2) is 15.7 Å². The van der Waals surface area contributed by atoms with Crippen molar-refractivity contribution in [3.63, 3.8) is 0 Å². The molecule has 0 radical (unpaired) electrons. The van der Waals surface area contributed by atoms with Crippen LogP contribution in [0.2, 0.25) is 0 Å². The summed E-state index contributed by atoms with van der Waals surface area (Å²) in [6.45, 7) is 4.27. The van der Waals surface area contributed by atoms with Crippen molar-refractivity contribution in [3.8, 4) is 0 Å². The summed E-state index contributed by atoms with van der Waals surface area (Å²) in [6.07, 6.45) is -5.12. The normalized spacial score (nSPS) is 12.6. The van der Waals surface area contributed by atoms with Gasteiger partial charge in [0, 0.05) is 19.0 Å². The Bertz CT molecular complexity index is 599. The summed E-state index contributed by atoms with van der Waals surface area (Å²) in [5, 5.41) is 0. The highest BCUT2D eigenvalue weighted by Gasteiger charge is 2.28. The summed E-state index contributed by atoms with van der Waals surface area (Å²) in [7, 11) is 0. The van der Waals surface area contributed by atoms with E-state index in [4.69, 9.17) is 5.73 Å².